The van der Waals surface area contributed by atoms with E-state index in [4.69, 9.17) is 9.26 Å². The second-order valence-electron chi connectivity index (χ2n) is 9.42. The van der Waals surface area contributed by atoms with Crippen molar-refractivity contribution in [3.63, 3.8) is 0 Å². The number of rotatable bonds is 6. The van der Waals surface area contributed by atoms with Gasteiger partial charge in [0.05, 0.1) is 29.1 Å². The zero-order valence-corrected chi connectivity index (χ0v) is 20.9. The highest BCUT2D eigenvalue weighted by atomic mass is 19.4. The molecule has 0 spiro atoms. The molecule has 2 N–H and O–H groups in total. The molecule has 0 bridgehead atoms. The number of hydrogen-bond acceptors (Lipinski definition) is 6. The Hall–Kier alpha value is -4.15. The molecule has 0 radical (unpaired) electrons. The van der Waals surface area contributed by atoms with Crippen LogP contribution >= 0.6 is 0 Å². The molecule has 0 aliphatic carbocycles. The first-order valence-electron chi connectivity index (χ1n) is 11.2. The summed E-state index contributed by atoms with van der Waals surface area (Å²) in [4.78, 5) is 37.7. The summed E-state index contributed by atoms with van der Waals surface area (Å²) in [5, 5.41) is 8.20. The quantitative estimate of drug-likeness (QED) is 0.284. The highest BCUT2D eigenvalue weighted by molar-refractivity contribution is 6.12. The van der Waals surface area contributed by atoms with Gasteiger partial charge >= 0.3 is 12.3 Å². The monoisotopic (exact) mass is 517 g/mol. The van der Waals surface area contributed by atoms with Gasteiger partial charge in [-0.3, -0.25) is 14.9 Å². The van der Waals surface area contributed by atoms with Crippen LogP contribution < -0.4 is 10.6 Å². The predicted molar refractivity (Wildman–Crippen MR) is 130 cm³/mol. The number of alkyl halides is 3. The number of ether oxygens (including phenoxy) is 1. The number of anilines is 2. The van der Waals surface area contributed by atoms with Crippen LogP contribution in [0.2, 0.25) is 0 Å². The SMILES string of the molecule is Cc1cc(NC(=O)OC(C)(C)C)c(NC(=O)CC(=O)c2cccc(-c3cc(C)no3)c2)c(C(F)(F)F)c1. The second-order valence-corrected chi connectivity index (χ2v) is 9.42. The van der Waals surface area contributed by atoms with Crippen LogP contribution in [0, 0.1) is 13.8 Å². The van der Waals surface area contributed by atoms with E-state index in [2.05, 4.69) is 15.8 Å². The van der Waals surface area contributed by atoms with Crippen molar-refractivity contribution in [3.05, 3.63) is 64.8 Å². The lowest BCUT2D eigenvalue weighted by atomic mass is 10.0. The molecule has 3 rings (SSSR count). The molecule has 11 heteroatoms. The predicted octanol–water partition coefficient (Wildman–Crippen LogP) is 6.54. The number of benzene rings is 2. The van der Waals surface area contributed by atoms with E-state index >= 15 is 0 Å². The number of aromatic nitrogens is 1. The van der Waals surface area contributed by atoms with Crippen molar-refractivity contribution in [2.45, 2.75) is 52.8 Å². The number of aryl methyl sites for hydroxylation is 2. The second kappa shape index (κ2) is 10.5. The highest BCUT2D eigenvalue weighted by Gasteiger charge is 2.36. The average molecular weight is 518 g/mol. The van der Waals surface area contributed by atoms with E-state index < -0.39 is 47.2 Å². The van der Waals surface area contributed by atoms with E-state index in [9.17, 15) is 27.6 Å². The number of carbonyl (C=O) groups excluding carboxylic acids is 3. The van der Waals surface area contributed by atoms with Crippen LogP contribution in [-0.4, -0.2) is 28.5 Å². The number of nitrogens with zero attached hydrogens (tertiary/aromatic N) is 1. The molecule has 8 nitrogen and oxygen atoms in total. The Labute approximate surface area is 211 Å². The molecule has 1 aromatic heterocycles. The Bertz CT molecular complexity index is 1340. The number of amides is 2. The largest absolute Gasteiger partial charge is 0.444 e. The normalized spacial score (nSPS) is 11.7. The van der Waals surface area contributed by atoms with Gasteiger partial charge in [-0.15, -0.1) is 0 Å². The van der Waals surface area contributed by atoms with Crippen molar-refractivity contribution < 1.29 is 36.8 Å². The van der Waals surface area contributed by atoms with Crippen LogP contribution in [0.4, 0.5) is 29.3 Å². The smallest absolute Gasteiger partial charge is 0.418 e. The number of ketones is 1. The van der Waals surface area contributed by atoms with Gasteiger partial charge in [-0.1, -0.05) is 23.4 Å². The first kappa shape index (κ1) is 27.4. The number of carbonyl (C=O) groups is 3. The minimum absolute atomic E-state index is 0.161. The summed E-state index contributed by atoms with van der Waals surface area (Å²) in [5.41, 5.74) is -1.55. The minimum Gasteiger partial charge on any atom is -0.444 e. The molecular formula is C26H26F3N3O5. The standard InChI is InChI=1S/C26H26F3N3O5/c1-14-9-18(26(27,28)29)23(19(10-14)30-24(35)36-25(3,4)5)31-22(34)13-20(33)16-7-6-8-17(12-16)21-11-15(2)32-37-21/h6-12H,13H2,1-5H3,(H,30,35)(H,31,34). The van der Waals surface area contributed by atoms with Crippen LogP contribution in [0.1, 0.15) is 54.4 Å². The third-order valence-electron chi connectivity index (χ3n) is 4.91. The number of halogens is 3. The van der Waals surface area contributed by atoms with Crippen molar-refractivity contribution in [2.24, 2.45) is 0 Å². The number of hydrogen-bond donors (Lipinski definition) is 2. The molecule has 1 heterocycles. The van der Waals surface area contributed by atoms with Gasteiger partial charge in [0.2, 0.25) is 5.91 Å². The van der Waals surface area contributed by atoms with Gasteiger partial charge in [-0.05, 0) is 58.4 Å². The molecule has 0 atom stereocenters. The maximum atomic E-state index is 13.8. The van der Waals surface area contributed by atoms with Crippen molar-refractivity contribution in [1.29, 1.82) is 0 Å². The summed E-state index contributed by atoms with van der Waals surface area (Å²) in [6.45, 7) is 7.93. The van der Waals surface area contributed by atoms with Crippen LogP contribution in [-0.2, 0) is 15.7 Å². The maximum Gasteiger partial charge on any atom is 0.418 e. The average Bonchev–Trinajstić information content (AvgIpc) is 3.19. The lowest BCUT2D eigenvalue weighted by Crippen LogP contribution is -2.28. The van der Waals surface area contributed by atoms with E-state index in [0.29, 0.717) is 17.0 Å². The zero-order valence-electron chi connectivity index (χ0n) is 20.9. The molecule has 2 aromatic carbocycles. The molecule has 0 aliphatic rings. The fourth-order valence-corrected chi connectivity index (χ4v) is 3.43. The van der Waals surface area contributed by atoms with Gasteiger partial charge in [0.15, 0.2) is 11.5 Å². The van der Waals surface area contributed by atoms with Gasteiger partial charge in [-0.2, -0.15) is 13.2 Å². The minimum atomic E-state index is -4.85. The van der Waals surface area contributed by atoms with Crippen LogP contribution in [0.25, 0.3) is 11.3 Å². The van der Waals surface area contributed by atoms with Crippen LogP contribution in [0.3, 0.4) is 0 Å². The molecule has 3 aromatic rings. The molecule has 0 fully saturated rings. The summed E-state index contributed by atoms with van der Waals surface area (Å²) in [6.07, 6.45) is -6.60. The fraction of sp³-hybridized carbons (Fsp3) is 0.308. The van der Waals surface area contributed by atoms with E-state index in [1.807, 2.05) is 0 Å². The van der Waals surface area contributed by atoms with Gasteiger partial charge in [0.25, 0.3) is 0 Å². The molecule has 196 valence electrons. The van der Waals surface area contributed by atoms with Crippen molar-refractivity contribution in [3.8, 4) is 11.3 Å². The summed E-state index contributed by atoms with van der Waals surface area (Å²) in [6, 6.07) is 10.0. The van der Waals surface area contributed by atoms with Crippen molar-refractivity contribution in [2.75, 3.05) is 10.6 Å². The molecule has 0 saturated carbocycles. The summed E-state index contributed by atoms with van der Waals surface area (Å²) < 4.78 is 51.8. The molecule has 0 saturated heterocycles. The Kier molecular flexibility index (Phi) is 7.75. The molecule has 2 amide bonds. The number of nitrogens with one attached hydrogen (secondary N) is 2. The Balaban J connectivity index is 1.86. The van der Waals surface area contributed by atoms with E-state index in [1.54, 1.807) is 45.9 Å². The summed E-state index contributed by atoms with van der Waals surface area (Å²) in [5.74, 6) is -1.20. The Morgan fingerprint density at radius 1 is 1.00 bits per heavy atom. The van der Waals surface area contributed by atoms with Gasteiger partial charge < -0.3 is 14.6 Å². The van der Waals surface area contributed by atoms with Crippen LogP contribution in [0.15, 0.2) is 47.0 Å². The third-order valence-corrected chi connectivity index (χ3v) is 4.91. The lowest BCUT2D eigenvalue weighted by Gasteiger charge is -2.22. The van der Waals surface area contributed by atoms with E-state index in [-0.39, 0.29) is 16.8 Å². The lowest BCUT2D eigenvalue weighted by molar-refractivity contribution is -0.137. The molecular weight excluding hydrogens is 491 g/mol. The van der Waals surface area contributed by atoms with E-state index in [1.165, 1.54) is 25.1 Å². The Morgan fingerprint density at radius 2 is 1.70 bits per heavy atom. The Morgan fingerprint density at radius 3 is 2.30 bits per heavy atom. The first-order valence-corrected chi connectivity index (χ1v) is 11.2. The maximum absolute atomic E-state index is 13.8. The van der Waals surface area contributed by atoms with E-state index in [0.717, 1.165) is 6.07 Å². The summed E-state index contributed by atoms with van der Waals surface area (Å²) in [7, 11) is 0. The van der Waals surface area contributed by atoms with Gasteiger partial charge in [-0.25, -0.2) is 4.79 Å². The molecule has 0 aliphatic heterocycles. The van der Waals surface area contributed by atoms with Gasteiger partial charge in [0, 0.05) is 17.2 Å². The molecule has 0 unspecified atom stereocenters. The van der Waals surface area contributed by atoms with Gasteiger partial charge in [0.1, 0.15) is 5.60 Å². The van der Waals surface area contributed by atoms with Crippen LogP contribution in [0.5, 0.6) is 0 Å². The third kappa shape index (κ3) is 7.42. The van der Waals surface area contributed by atoms with Crippen molar-refractivity contribution in [1.82, 2.24) is 5.16 Å². The fourth-order valence-electron chi connectivity index (χ4n) is 3.43. The zero-order chi connectivity index (χ0) is 27.5. The highest BCUT2D eigenvalue weighted by Crippen LogP contribution is 2.40. The molecule has 37 heavy (non-hydrogen) atoms. The summed E-state index contributed by atoms with van der Waals surface area (Å²) >= 11 is 0. The topological polar surface area (TPSA) is 111 Å². The number of Topliss-reactive ketones (excluding diaryl/α,β-unsaturated/α-hetero) is 1. The van der Waals surface area contributed by atoms with Crippen molar-refractivity contribution >= 4 is 29.2 Å². The first-order chi connectivity index (χ1) is 17.1.